The summed E-state index contributed by atoms with van der Waals surface area (Å²) in [6, 6.07) is 12.4. The third kappa shape index (κ3) is 2.46. The number of nitriles is 1. The van der Waals surface area contributed by atoms with E-state index in [0.717, 1.165) is 15.4 Å². The van der Waals surface area contributed by atoms with Gasteiger partial charge in [0.15, 0.2) is 5.78 Å². The molecular weight excluding hydrogens is 352 g/mol. The highest BCUT2D eigenvalue weighted by Gasteiger charge is 2.17. The van der Waals surface area contributed by atoms with Crippen molar-refractivity contribution >= 4 is 44.2 Å². The maximum atomic E-state index is 12.7. The first-order valence-electron chi connectivity index (χ1n) is 6.11. The fourth-order valence-electron chi connectivity index (χ4n) is 2.20. The van der Waals surface area contributed by atoms with Gasteiger partial charge in [0.1, 0.15) is 0 Å². The average molecular weight is 360 g/mol. The first kappa shape index (κ1) is 13.9. The zero-order chi connectivity index (χ0) is 15.0. The Morgan fingerprint density at radius 1 is 1.19 bits per heavy atom. The molecule has 102 valence electrons. The molecular formula is C16H8BrClN2O. The fourth-order valence-corrected chi connectivity index (χ4v) is 2.76. The molecule has 3 rings (SSSR count). The minimum absolute atomic E-state index is 0.155. The molecule has 0 fully saturated rings. The third-order valence-electron chi connectivity index (χ3n) is 3.23. The van der Waals surface area contributed by atoms with Crippen LogP contribution in [0.3, 0.4) is 0 Å². The molecule has 2 aromatic carbocycles. The van der Waals surface area contributed by atoms with Crippen molar-refractivity contribution in [2.75, 3.05) is 0 Å². The minimum Gasteiger partial charge on any atom is -0.360 e. The number of hydrogen-bond donors (Lipinski definition) is 1. The van der Waals surface area contributed by atoms with Gasteiger partial charge < -0.3 is 4.98 Å². The van der Waals surface area contributed by atoms with Crippen molar-refractivity contribution < 1.29 is 4.79 Å². The average Bonchev–Trinajstić information content (AvgIpc) is 2.91. The van der Waals surface area contributed by atoms with Crippen molar-refractivity contribution in [2.45, 2.75) is 0 Å². The van der Waals surface area contributed by atoms with Crippen molar-refractivity contribution in [1.82, 2.24) is 4.98 Å². The Morgan fingerprint density at radius 2 is 2.00 bits per heavy atom. The summed E-state index contributed by atoms with van der Waals surface area (Å²) in [5, 5.41) is 10.1. The van der Waals surface area contributed by atoms with Crippen LogP contribution in [0, 0.1) is 11.3 Å². The molecule has 0 radical (unpaired) electrons. The molecule has 3 aromatic rings. The normalized spacial score (nSPS) is 10.5. The van der Waals surface area contributed by atoms with Gasteiger partial charge in [0, 0.05) is 32.7 Å². The monoisotopic (exact) mass is 358 g/mol. The standard InChI is InChI=1S/C16H8BrClN2O/c17-10-2-4-14(18)12(6-10)16(21)13-8-20-15-5-9(7-19)1-3-11(13)15/h1-6,8,20H. The van der Waals surface area contributed by atoms with E-state index < -0.39 is 0 Å². The molecule has 0 spiro atoms. The number of nitrogens with one attached hydrogen (secondary N) is 1. The quantitative estimate of drug-likeness (QED) is 0.675. The summed E-state index contributed by atoms with van der Waals surface area (Å²) in [5.74, 6) is -0.155. The molecule has 0 bridgehead atoms. The number of rotatable bonds is 2. The Bertz CT molecular complexity index is 908. The molecule has 0 unspecified atom stereocenters. The number of halogens is 2. The van der Waals surface area contributed by atoms with E-state index in [1.807, 2.05) is 0 Å². The molecule has 1 aromatic heterocycles. The Hall–Kier alpha value is -2.09. The largest absolute Gasteiger partial charge is 0.360 e. The van der Waals surface area contributed by atoms with Gasteiger partial charge in [0.05, 0.1) is 16.7 Å². The Kier molecular flexibility index (Phi) is 3.54. The number of carbonyl (C=O) groups is 1. The molecule has 1 N–H and O–H groups in total. The van der Waals surface area contributed by atoms with Crippen LogP contribution in [0.1, 0.15) is 21.5 Å². The van der Waals surface area contributed by atoms with Crippen LogP contribution in [0.15, 0.2) is 47.1 Å². The van der Waals surface area contributed by atoms with Crippen LogP contribution in [0.2, 0.25) is 5.02 Å². The zero-order valence-electron chi connectivity index (χ0n) is 10.7. The molecule has 0 aliphatic carbocycles. The van der Waals surface area contributed by atoms with Crippen LogP contribution in [-0.4, -0.2) is 10.8 Å². The maximum Gasteiger partial charge on any atom is 0.196 e. The third-order valence-corrected chi connectivity index (χ3v) is 4.05. The summed E-state index contributed by atoms with van der Waals surface area (Å²) in [7, 11) is 0. The number of aromatic amines is 1. The smallest absolute Gasteiger partial charge is 0.196 e. The second-order valence-corrected chi connectivity index (χ2v) is 5.85. The minimum atomic E-state index is -0.155. The number of H-pyrrole nitrogens is 1. The summed E-state index contributed by atoms with van der Waals surface area (Å²) in [4.78, 5) is 15.7. The number of ketones is 1. The Balaban J connectivity index is 2.14. The summed E-state index contributed by atoms with van der Waals surface area (Å²) >= 11 is 9.45. The van der Waals surface area contributed by atoms with Gasteiger partial charge in [-0.25, -0.2) is 0 Å². The van der Waals surface area contributed by atoms with Crippen LogP contribution >= 0.6 is 27.5 Å². The number of benzene rings is 2. The predicted octanol–water partition coefficient (Wildman–Crippen LogP) is 4.69. The second kappa shape index (κ2) is 5.36. The van der Waals surface area contributed by atoms with E-state index in [1.165, 1.54) is 0 Å². The van der Waals surface area contributed by atoms with E-state index in [9.17, 15) is 4.79 Å². The number of hydrogen-bond acceptors (Lipinski definition) is 2. The predicted molar refractivity (Wildman–Crippen MR) is 85.6 cm³/mol. The molecule has 0 aliphatic heterocycles. The van der Waals surface area contributed by atoms with Crippen molar-refractivity contribution in [3.05, 3.63) is 68.8 Å². The van der Waals surface area contributed by atoms with Crippen molar-refractivity contribution in [1.29, 1.82) is 5.26 Å². The molecule has 5 heteroatoms. The summed E-state index contributed by atoms with van der Waals surface area (Å²) in [6.45, 7) is 0. The molecule has 0 saturated carbocycles. The van der Waals surface area contributed by atoms with Gasteiger partial charge in [-0.1, -0.05) is 33.6 Å². The Morgan fingerprint density at radius 3 is 2.76 bits per heavy atom. The van der Waals surface area contributed by atoms with Gasteiger partial charge >= 0.3 is 0 Å². The Labute approximate surface area is 134 Å². The van der Waals surface area contributed by atoms with Crippen LogP contribution in [0.5, 0.6) is 0 Å². The van der Waals surface area contributed by atoms with Gasteiger partial charge in [-0.3, -0.25) is 4.79 Å². The highest BCUT2D eigenvalue weighted by atomic mass is 79.9. The molecule has 0 saturated heterocycles. The van der Waals surface area contributed by atoms with Gasteiger partial charge in [0.2, 0.25) is 0 Å². The van der Waals surface area contributed by atoms with E-state index in [4.69, 9.17) is 16.9 Å². The first-order valence-corrected chi connectivity index (χ1v) is 7.28. The molecule has 0 aliphatic rings. The lowest BCUT2D eigenvalue weighted by Gasteiger charge is -2.03. The van der Waals surface area contributed by atoms with Crippen molar-refractivity contribution in [2.24, 2.45) is 0 Å². The van der Waals surface area contributed by atoms with Gasteiger partial charge in [-0.15, -0.1) is 0 Å². The summed E-state index contributed by atoms with van der Waals surface area (Å²) in [5.41, 5.74) is 2.28. The second-order valence-electron chi connectivity index (χ2n) is 4.53. The van der Waals surface area contributed by atoms with Gasteiger partial charge in [-0.05, 0) is 30.3 Å². The number of fused-ring (bicyclic) bond motifs is 1. The summed E-state index contributed by atoms with van der Waals surface area (Å²) in [6.07, 6.45) is 1.64. The lowest BCUT2D eigenvalue weighted by atomic mass is 10.0. The van der Waals surface area contributed by atoms with E-state index in [1.54, 1.807) is 42.6 Å². The van der Waals surface area contributed by atoms with Gasteiger partial charge in [0.25, 0.3) is 0 Å². The van der Waals surface area contributed by atoms with Crippen LogP contribution in [-0.2, 0) is 0 Å². The van der Waals surface area contributed by atoms with E-state index in [-0.39, 0.29) is 5.78 Å². The highest BCUT2D eigenvalue weighted by molar-refractivity contribution is 9.10. The van der Waals surface area contributed by atoms with E-state index in [0.29, 0.717) is 21.7 Å². The summed E-state index contributed by atoms with van der Waals surface area (Å²) < 4.78 is 0.793. The van der Waals surface area contributed by atoms with E-state index >= 15 is 0 Å². The molecule has 3 nitrogen and oxygen atoms in total. The molecule has 0 atom stereocenters. The van der Waals surface area contributed by atoms with Crippen molar-refractivity contribution in [3.8, 4) is 6.07 Å². The van der Waals surface area contributed by atoms with Crippen LogP contribution in [0.4, 0.5) is 0 Å². The molecule has 1 heterocycles. The SMILES string of the molecule is N#Cc1ccc2c(C(=O)c3cc(Br)ccc3Cl)c[nH]c2c1. The van der Waals surface area contributed by atoms with Crippen molar-refractivity contribution in [3.63, 3.8) is 0 Å². The maximum absolute atomic E-state index is 12.7. The lowest BCUT2D eigenvalue weighted by molar-refractivity contribution is 0.104. The molecule has 0 amide bonds. The van der Waals surface area contributed by atoms with Crippen LogP contribution in [0.25, 0.3) is 10.9 Å². The van der Waals surface area contributed by atoms with E-state index in [2.05, 4.69) is 27.0 Å². The highest BCUT2D eigenvalue weighted by Crippen LogP contribution is 2.27. The molecule has 21 heavy (non-hydrogen) atoms. The fraction of sp³-hybridized carbons (Fsp3) is 0. The number of aromatic nitrogens is 1. The number of nitrogens with zero attached hydrogens (tertiary/aromatic N) is 1. The zero-order valence-corrected chi connectivity index (χ0v) is 13.0. The van der Waals surface area contributed by atoms with Gasteiger partial charge in [-0.2, -0.15) is 5.26 Å². The lowest BCUT2D eigenvalue weighted by Crippen LogP contribution is -2.01. The number of carbonyl (C=O) groups excluding carboxylic acids is 1. The van der Waals surface area contributed by atoms with Crippen LogP contribution < -0.4 is 0 Å². The topological polar surface area (TPSA) is 56.6 Å². The first-order chi connectivity index (χ1) is 10.1.